The van der Waals surface area contributed by atoms with E-state index in [4.69, 9.17) is 21.7 Å². The minimum absolute atomic E-state index is 0.0145. The molecule has 41 heavy (non-hydrogen) atoms. The Bertz CT molecular complexity index is 1380. The summed E-state index contributed by atoms with van der Waals surface area (Å²) in [6.45, 7) is 3.58. The van der Waals surface area contributed by atoms with Gasteiger partial charge in [0.15, 0.2) is 5.78 Å². The quantitative estimate of drug-likeness (QED) is 0.133. The second kappa shape index (κ2) is 12.3. The van der Waals surface area contributed by atoms with Gasteiger partial charge >= 0.3 is 0 Å². The highest BCUT2D eigenvalue weighted by Crippen LogP contribution is 2.54. The van der Waals surface area contributed by atoms with Gasteiger partial charge in [0, 0.05) is 35.1 Å². The Kier molecular flexibility index (Phi) is 8.74. The van der Waals surface area contributed by atoms with E-state index in [0.717, 1.165) is 17.9 Å². The number of hydrogen-bond acceptors (Lipinski definition) is 10. The van der Waals surface area contributed by atoms with Gasteiger partial charge in [-0.15, -0.1) is 11.8 Å². The molecule has 0 radical (unpaired) electrons. The molecule has 2 aromatic carbocycles. The first kappa shape index (κ1) is 29.2. The van der Waals surface area contributed by atoms with Gasteiger partial charge in [0.25, 0.3) is 5.69 Å². The second-order valence-electron chi connectivity index (χ2n) is 10.3. The van der Waals surface area contributed by atoms with Crippen LogP contribution in [0, 0.1) is 22.0 Å². The van der Waals surface area contributed by atoms with Crippen LogP contribution in [-0.2, 0) is 16.1 Å². The number of aliphatic hydroxyl groups excluding tert-OH is 1. The summed E-state index contributed by atoms with van der Waals surface area (Å²) in [5, 5.41) is 21.4. The monoisotopic (exact) mass is 597 g/mol. The number of hydrogen-bond donors (Lipinski definition) is 1. The summed E-state index contributed by atoms with van der Waals surface area (Å²) >= 11 is 7.24. The zero-order chi connectivity index (χ0) is 29.3. The maximum atomic E-state index is 13.2. The largest absolute Gasteiger partial charge is 0.497 e. The summed E-state index contributed by atoms with van der Waals surface area (Å²) in [5.74, 6) is 0.0841. The van der Waals surface area contributed by atoms with Crippen LogP contribution in [0.1, 0.15) is 35.7 Å². The number of thiocarbonyl (C=S) groups is 1. The zero-order valence-electron chi connectivity index (χ0n) is 22.7. The predicted molar refractivity (Wildman–Crippen MR) is 157 cm³/mol. The summed E-state index contributed by atoms with van der Waals surface area (Å²) in [7, 11) is 1.58. The van der Waals surface area contributed by atoms with Crippen molar-refractivity contribution in [2.24, 2.45) is 11.8 Å². The van der Waals surface area contributed by atoms with Gasteiger partial charge in [-0.25, -0.2) is 0 Å². The Labute approximate surface area is 247 Å². The van der Waals surface area contributed by atoms with Crippen molar-refractivity contribution >= 4 is 46.4 Å². The van der Waals surface area contributed by atoms with Crippen molar-refractivity contribution in [3.8, 4) is 5.75 Å². The molecule has 3 aliphatic rings. The summed E-state index contributed by atoms with van der Waals surface area (Å²) in [5.41, 5.74) is 1.88. The Balaban J connectivity index is 1.31. The fraction of sp³-hybridized carbons (Fsp3) is 0.414. The molecule has 216 valence electrons. The maximum Gasteiger partial charge on any atom is 0.269 e. The fourth-order valence-electron chi connectivity index (χ4n) is 5.44. The number of nitrogens with zero attached hydrogens (tertiary/aromatic N) is 3. The van der Waals surface area contributed by atoms with Gasteiger partial charge in [0.1, 0.15) is 23.4 Å². The van der Waals surface area contributed by atoms with Crippen molar-refractivity contribution in [3.63, 3.8) is 0 Å². The van der Waals surface area contributed by atoms with E-state index in [0.29, 0.717) is 35.5 Å². The van der Waals surface area contributed by atoms with Gasteiger partial charge in [-0.3, -0.25) is 29.5 Å². The lowest BCUT2D eigenvalue weighted by molar-refractivity contribution is -0.384. The topological polar surface area (TPSA) is 122 Å². The summed E-state index contributed by atoms with van der Waals surface area (Å²) in [4.78, 5) is 41.3. The maximum absolute atomic E-state index is 13.2. The van der Waals surface area contributed by atoms with Gasteiger partial charge in [-0.2, -0.15) is 0 Å². The van der Waals surface area contributed by atoms with Crippen LogP contribution in [0.25, 0.3) is 0 Å². The summed E-state index contributed by atoms with van der Waals surface area (Å²) in [6.07, 6.45) is 0.522. The Morgan fingerprint density at radius 2 is 1.93 bits per heavy atom. The van der Waals surface area contributed by atoms with E-state index in [9.17, 15) is 24.8 Å². The van der Waals surface area contributed by atoms with Crippen LogP contribution < -0.4 is 4.74 Å². The third-order valence-corrected chi connectivity index (χ3v) is 9.61. The number of Topliss-reactive ketones (excluding diaryl/α,β-unsaturated/α-hetero) is 1. The van der Waals surface area contributed by atoms with Crippen molar-refractivity contribution in [1.82, 2.24) is 9.80 Å². The lowest BCUT2D eigenvalue weighted by atomic mass is 9.89. The number of thioether (sulfide) groups is 1. The third kappa shape index (κ3) is 5.87. The van der Waals surface area contributed by atoms with Gasteiger partial charge in [-0.05, 0) is 73.6 Å². The average Bonchev–Trinajstić information content (AvgIpc) is 3.58. The number of carbonyl (C=O) groups excluding carboxylic acids is 2. The van der Waals surface area contributed by atoms with Crippen molar-refractivity contribution in [1.29, 1.82) is 0 Å². The van der Waals surface area contributed by atoms with E-state index in [2.05, 4.69) is 4.90 Å². The van der Waals surface area contributed by atoms with Gasteiger partial charge in [0.05, 0.1) is 30.6 Å². The molecule has 2 aromatic rings. The van der Waals surface area contributed by atoms with Crippen LogP contribution in [0.15, 0.2) is 59.1 Å². The third-order valence-electron chi connectivity index (χ3n) is 7.77. The van der Waals surface area contributed by atoms with Crippen molar-refractivity contribution in [2.45, 2.75) is 37.9 Å². The average molecular weight is 598 g/mol. The highest BCUT2D eigenvalue weighted by atomic mass is 32.2. The minimum atomic E-state index is -0.742. The number of non-ortho nitro benzene ring substituents is 1. The molecule has 0 spiro atoms. The molecular weight excluding hydrogens is 566 g/mol. The molecule has 5 rings (SSSR count). The highest BCUT2D eigenvalue weighted by Gasteiger charge is 2.58. The molecule has 0 bridgehead atoms. The first-order chi connectivity index (χ1) is 19.7. The smallest absolute Gasteiger partial charge is 0.269 e. The number of amides is 1. The molecule has 0 unspecified atom stereocenters. The molecule has 0 aromatic heterocycles. The van der Waals surface area contributed by atoms with E-state index >= 15 is 0 Å². The summed E-state index contributed by atoms with van der Waals surface area (Å²) in [6, 6.07) is 13.1. The van der Waals surface area contributed by atoms with Gasteiger partial charge in [0.2, 0.25) is 11.0 Å². The van der Waals surface area contributed by atoms with Gasteiger partial charge in [-0.1, -0.05) is 6.92 Å². The number of ketones is 1. The predicted octanol–water partition coefficient (Wildman–Crippen LogP) is 4.17. The number of aliphatic hydroxyl groups is 1. The molecule has 2 fully saturated rings. The van der Waals surface area contributed by atoms with E-state index < -0.39 is 16.9 Å². The van der Waals surface area contributed by atoms with Crippen LogP contribution in [0.2, 0.25) is 0 Å². The van der Waals surface area contributed by atoms with Crippen molar-refractivity contribution < 1.29 is 29.1 Å². The molecule has 2 saturated heterocycles. The molecule has 3 aliphatic heterocycles. The number of nitro groups is 1. The second-order valence-corrected chi connectivity index (χ2v) is 11.8. The van der Waals surface area contributed by atoms with Crippen LogP contribution in [0.5, 0.6) is 5.75 Å². The van der Waals surface area contributed by atoms with Crippen molar-refractivity contribution in [2.75, 3.05) is 26.7 Å². The Hall–Kier alpha value is -3.32. The highest BCUT2D eigenvalue weighted by molar-refractivity contribution is 8.04. The van der Waals surface area contributed by atoms with E-state index in [-0.39, 0.29) is 46.9 Å². The molecule has 1 amide bonds. The standard InChI is InChI=1S/C29H31N3O7S2/c1-3-22(33)24-27(35)31-25(29(40)39-16-17-4-8-20(9-5-17)32(36)37)26(41-28(24)31)19-12-13-30(14-19)15-23(34)18-6-10-21(38-2)11-7-18/h4-11,19,22,24,28,33H,3,12-16H2,1-2H3/t19-,22-,24+,28+/m0/s1. The molecule has 3 heterocycles. The lowest BCUT2D eigenvalue weighted by Crippen LogP contribution is -2.61. The molecule has 12 heteroatoms. The minimum Gasteiger partial charge on any atom is -0.497 e. The molecular formula is C29H31N3O7S2. The summed E-state index contributed by atoms with van der Waals surface area (Å²) < 4.78 is 11.1. The first-order valence-corrected chi connectivity index (χ1v) is 14.7. The SMILES string of the molecule is CC[C@H](O)[C@@H]1C(=O)N2C(C(=S)OCc3ccc([N+](=O)[O-])cc3)=C([C@H]3CCN(CC(=O)c4ccc(OC)cc4)C3)S[C@H]12. The Morgan fingerprint density at radius 3 is 2.56 bits per heavy atom. The number of ether oxygens (including phenoxy) is 2. The number of carbonyl (C=O) groups is 2. The van der Waals surface area contributed by atoms with E-state index in [1.54, 1.807) is 60.2 Å². The van der Waals surface area contributed by atoms with E-state index in [1.165, 1.54) is 12.1 Å². The number of likely N-dealkylation sites (tertiary alicyclic amines) is 1. The van der Waals surface area contributed by atoms with Crippen LogP contribution >= 0.6 is 24.0 Å². The molecule has 4 atom stereocenters. The Morgan fingerprint density at radius 1 is 1.22 bits per heavy atom. The molecule has 10 nitrogen and oxygen atoms in total. The number of fused-ring (bicyclic) bond motifs is 1. The fourth-order valence-corrected chi connectivity index (χ4v) is 7.48. The lowest BCUT2D eigenvalue weighted by Gasteiger charge is -2.44. The molecule has 1 N–H and O–H groups in total. The number of nitro benzene ring substituents is 1. The van der Waals surface area contributed by atoms with Crippen LogP contribution in [0.4, 0.5) is 5.69 Å². The first-order valence-electron chi connectivity index (χ1n) is 13.4. The number of methoxy groups -OCH3 is 1. The number of rotatable bonds is 11. The normalized spacial score (nSPS) is 22.8. The van der Waals surface area contributed by atoms with Crippen LogP contribution in [0.3, 0.4) is 0 Å². The number of benzene rings is 2. The van der Waals surface area contributed by atoms with Gasteiger partial charge < -0.3 is 14.6 Å². The van der Waals surface area contributed by atoms with E-state index in [1.807, 2.05) is 6.92 Å². The van der Waals surface area contributed by atoms with Crippen molar-refractivity contribution in [3.05, 3.63) is 80.4 Å². The zero-order valence-corrected chi connectivity index (χ0v) is 24.4. The molecule has 0 saturated carbocycles. The number of β-lactam (4-membered cyclic amide) rings is 1. The molecule has 0 aliphatic carbocycles. The van der Waals surface area contributed by atoms with Crippen LogP contribution in [-0.4, -0.2) is 74.8 Å².